The van der Waals surface area contributed by atoms with Crippen LogP contribution in [0.4, 0.5) is 11.4 Å². The van der Waals surface area contributed by atoms with Gasteiger partial charge in [0.2, 0.25) is 0 Å². The van der Waals surface area contributed by atoms with Crippen LogP contribution in [0.5, 0.6) is 11.5 Å². The summed E-state index contributed by atoms with van der Waals surface area (Å²) in [5, 5.41) is 11.4. The fourth-order valence-electron chi connectivity index (χ4n) is 4.34. The lowest BCUT2D eigenvalue weighted by atomic mass is 9.92. The SMILES string of the molecule is COc1ccc(/C(O)=C2\C(=O)C(=O)N(c3ccc(N(C)C)cc3)C2c2ccccc2C)cc1OC. The van der Waals surface area contributed by atoms with Gasteiger partial charge >= 0.3 is 0 Å². The van der Waals surface area contributed by atoms with Crippen LogP contribution in [0.2, 0.25) is 0 Å². The smallest absolute Gasteiger partial charge is 0.300 e. The molecule has 1 heterocycles. The van der Waals surface area contributed by atoms with E-state index >= 15 is 0 Å². The average Bonchev–Trinajstić information content (AvgIpc) is 3.13. The summed E-state index contributed by atoms with van der Waals surface area (Å²) in [5.41, 5.74) is 3.55. The topological polar surface area (TPSA) is 79.3 Å². The highest BCUT2D eigenvalue weighted by Gasteiger charge is 2.47. The summed E-state index contributed by atoms with van der Waals surface area (Å²) in [6.07, 6.45) is 0. The normalized spacial score (nSPS) is 16.9. The van der Waals surface area contributed by atoms with Crippen LogP contribution < -0.4 is 19.3 Å². The maximum atomic E-state index is 13.4. The molecule has 3 aromatic carbocycles. The molecular formula is C28H28N2O5. The minimum Gasteiger partial charge on any atom is -0.507 e. The van der Waals surface area contributed by atoms with Crippen molar-refractivity contribution in [3.8, 4) is 11.5 Å². The molecule has 1 atom stereocenters. The van der Waals surface area contributed by atoms with Crippen LogP contribution >= 0.6 is 0 Å². The minimum absolute atomic E-state index is 0.0215. The van der Waals surface area contributed by atoms with Gasteiger partial charge in [0.15, 0.2) is 11.5 Å². The number of carbonyl (C=O) groups is 2. The number of ether oxygens (including phenoxy) is 2. The van der Waals surface area contributed by atoms with Crippen LogP contribution in [0.1, 0.15) is 22.7 Å². The lowest BCUT2D eigenvalue weighted by Crippen LogP contribution is -2.29. The summed E-state index contributed by atoms with van der Waals surface area (Å²) in [5.74, 6) is -0.830. The fourth-order valence-corrected chi connectivity index (χ4v) is 4.34. The maximum absolute atomic E-state index is 13.4. The van der Waals surface area contributed by atoms with E-state index in [1.54, 1.807) is 18.2 Å². The molecule has 1 unspecified atom stereocenters. The van der Waals surface area contributed by atoms with E-state index in [4.69, 9.17) is 9.47 Å². The number of aliphatic hydroxyl groups excluding tert-OH is 1. The van der Waals surface area contributed by atoms with Gasteiger partial charge < -0.3 is 19.5 Å². The summed E-state index contributed by atoms with van der Waals surface area (Å²) in [4.78, 5) is 30.2. The number of hydrogen-bond acceptors (Lipinski definition) is 6. The summed E-state index contributed by atoms with van der Waals surface area (Å²) >= 11 is 0. The Hall–Kier alpha value is -4.26. The van der Waals surface area contributed by atoms with Crippen molar-refractivity contribution < 1.29 is 24.2 Å². The van der Waals surface area contributed by atoms with E-state index in [-0.39, 0.29) is 11.3 Å². The van der Waals surface area contributed by atoms with E-state index in [0.29, 0.717) is 22.7 Å². The maximum Gasteiger partial charge on any atom is 0.300 e. The zero-order chi connectivity index (χ0) is 25.3. The van der Waals surface area contributed by atoms with Crippen LogP contribution in [0.3, 0.4) is 0 Å². The number of Topliss-reactive ketones (excluding diaryl/α,β-unsaturated/α-hetero) is 1. The largest absolute Gasteiger partial charge is 0.507 e. The molecule has 1 aliphatic rings. The molecule has 35 heavy (non-hydrogen) atoms. The Bertz CT molecular complexity index is 1310. The van der Waals surface area contributed by atoms with Crippen molar-refractivity contribution >= 4 is 28.8 Å². The molecule has 4 rings (SSSR count). The van der Waals surface area contributed by atoms with E-state index in [2.05, 4.69) is 0 Å². The molecule has 0 aromatic heterocycles. The van der Waals surface area contributed by atoms with Crippen molar-refractivity contribution in [3.63, 3.8) is 0 Å². The van der Waals surface area contributed by atoms with E-state index in [1.807, 2.05) is 74.4 Å². The number of carbonyl (C=O) groups excluding carboxylic acids is 2. The molecular weight excluding hydrogens is 444 g/mol. The average molecular weight is 473 g/mol. The molecule has 1 amide bonds. The summed E-state index contributed by atoms with van der Waals surface area (Å²) in [6.45, 7) is 1.92. The van der Waals surface area contributed by atoms with E-state index in [1.165, 1.54) is 19.1 Å². The van der Waals surface area contributed by atoms with Crippen LogP contribution in [-0.4, -0.2) is 45.1 Å². The number of nitrogens with zero attached hydrogens (tertiary/aromatic N) is 2. The highest BCUT2D eigenvalue weighted by atomic mass is 16.5. The van der Waals surface area contributed by atoms with Gasteiger partial charge in [-0.2, -0.15) is 0 Å². The molecule has 0 spiro atoms. The van der Waals surface area contributed by atoms with Crippen molar-refractivity contribution in [1.29, 1.82) is 0 Å². The fraction of sp³-hybridized carbons (Fsp3) is 0.214. The molecule has 1 saturated heterocycles. The third-order valence-electron chi connectivity index (χ3n) is 6.23. The molecule has 7 nitrogen and oxygen atoms in total. The number of benzene rings is 3. The monoisotopic (exact) mass is 472 g/mol. The molecule has 0 bridgehead atoms. The number of anilines is 2. The van der Waals surface area contributed by atoms with Crippen LogP contribution in [0.15, 0.2) is 72.3 Å². The number of hydrogen-bond donors (Lipinski definition) is 1. The van der Waals surface area contributed by atoms with E-state index < -0.39 is 17.7 Å². The summed E-state index contributed by atoms with van der Waals surface area (Å²) in [7, 11) is 6.86. The Morgan fingerprint density at radius 3 is 2.17 bits per heavy atom. The summed E-state index contributed by atoms with van der Waals surface area (Å²) < 4.78 is 10.7. The minimum atomic E-state index is -0.797. The quantitative estimate of drug-likeness (QED) is 0.318. The molecule has 1 aliphatic heterocycles. The molecule has 180 valence electrons. The first-order chi connectivity index (χ1) is 16.8. The standard InChI is InChI=1S/C28H28N2O5/c1-17-8-6-7-9-21(17)25-24(26(31)18-10-15-22(34-4)23(16-18)35-5)27(32)28(33)30(25)20-13-11-19(12-14-20)29(2)3/h6-16,25,31H,1-5H3/b26-24+. The third kappa shape index (κ3) is 4.21. The van der Waals surface area contributed by atoms with Gasteiger partial charge in [0, 0.05) is 31.0 Å². The van der Waals surface area contributed by atoms with Gasteiger partial charge in [0.1, 0.15) is 5.76 Å². The van der Waals surface area contributed by atoms with Crippen molar-refractivity contribution in [2.75, 3.05) is 38.1 Å². The second-order valence-corrected chi connectivity index (χ2v) is 8.51. The number of aryl methyl sites for hydroxylation is 1. The Balaban J connectivity index is 1.93. The first kappa shape index (κ1) is 23.9. The second kappa shape index (κ2) is 9.54. The zero-order valence-corrected chi connectivity index (χ0v) is 20.4. The van der Waals surface area contributed by atoms with Crippen molar-refractivity contribution in [2.45, 2.75) is 13.0 Å². The van der Waals surface area contributed by atoms with Crippen molar-refractivity contribution in [1.82, 2.24) is 0 Å². The van der Waals surface area contributed by atoms with Gasteiger partial charge in [-0.15, -0.1) is 0 Å². The molecule has 1 N–H and O–H groups in total. The number of ketones is 1. The Labute approximate surface area is 204 Å². The number of methoxy groups -OCH3 is 2. The van der Waals surface area contributed by atoms with Gasteiger partial charge in [-0.1, -0.05) is 24.3 Å². The zero-order valence-electron chi connectivity index (χ0n) is 20.4. The van der Waals surface area contributed by atoms with Crippen LogP contribution in [0, 0.1) is 6.92 Å². The van der Waals surface area contributed by atoms with Gasteiger partial charge in [-0.25, -0.2) is 0 Å². The molecule has 0 aliphatic carbocycles. The summed E-state index contributed by atoms with van der Waals surface area (Å²) in [6, 6.07) is 19.0. The Morgan fingerprint density at radius 2 is 1.57 bits per heavy atom. The van der Waals surface area contributed by atoms with Gasteiger partial charge in [0.25, 0.3) is 11.7 Å². The van der Waals surface area contributed by atoms with Crippen LogP contribution in [0.25, 0.3) is 5.76 Å². The van der Waals surface area contributed by atoms with Crippen molar-refractivity contribution in [2.24, 2.45) is 0 Å². The Kier molecular flexibility index (Phi) is 6.51. The highest BCUT2D eigenvalue weighted by Crippen LogP contribution is 2.44. The number of amides is 1. The van der Waals surface area contributed by atoms with E-state index in [9.17, 15) is 14.7 Å². The first-order valence-electron chi connectivity index (χ1n) is 11.1. The third-order valence-corrected chi connectivity index (χ3v) is 6.23. The lowest BCUT2D eigenvalue weighted by Gasteiger charge is -2.27. The first-order valence-corrected chi connectivity index (χ1v) is 11.1. The molecule has 1 fully saturated rings. The molecule has 0 saturated carbocycles. The number of rotatable bonds is 6. The molecule has 3 aromatic rings. The highest BCUT2D eigenvalue weighted by molar-refractivity contribution is 6.51. The van der Waals surface area contributed by atoms with Crippen LogP contribution in [-0.2, 0) is 9.59 Å². The number of aliphatic hydroxyl groups is 1. The predicted octanol–water partition coefficient (Wildman–Crippen LogP) is 4.70. The van der Waals surface area contributed by atoms with E-state index in [0.717, 1.165) is 16.8 Å². The molecule has 0 radical (unpaired) electrons. The van der Waals surface area contributed by atoms with Gasteiger partial charge in [-0.05, 0) is 60.5 Å². The lowest BCUT2D eigenvalue weighted by molar-refractivity contribution is -0.132. The van der Waals surface area contributed by atoms with Gasteiger partial charge in [-0.3, -0.25) is 14.5 Å². The predicted molar refractivity (Wildman–Crippen MR) is 136 cm³/mol. The Morgan fingerprint density at radius 1 is 0.914 bits per heavy atom. The van der Waals surface area contributed by atoms with Gasteiger partial charge in [0.05, 0.1) is 25.8 Å². The van der Waals surface area contributed by atoms with Crippen molar-refractivity contribution in [3.05, 3.63) is 89.0 Å². The second-order valence-electron chi connectivity index (χ2n) is 8.51. The molecule has 7 heteroatoms.